The van der Waals surface area contributed by atoms with E-state index in [1.165, 1.54) is 4.88 Å². The lowest BCUT2D eigenvalue weighted by Crippen LogP contribution is -2.56. The number of anilines is 1. The van der Waals surface area contributed by atoms with Gasteiger partial charge in [-0.25, -0.2) is 9.97 Å². The molecule has 24 heavy (non-hydrogen) atoms. The van der Waals surface area contributed by atoms with Crippen molar-refractivity contribution >= 4 is 23.2 Å². The predicted octanol–water partition coefficient (Wildman–Crippen LogP) is 2.60. The minimum atomic E-state index is 0.331. The summed E-state index contributed by atoms with van der Waals surface area (Å²) in [5, 5.41) is 2.11. The molecule has 0 bridgehead atoms. The number of carbonyl (C=O) groups excluding carboxylic acids is 1. The van der Waals surface area contributed by atoms with E-state index in [2.05, 4.69) is 37.3 Å². The minimum Gasteiger partial charge on any atom is -0.340 e. The largest absolute Gasteiger partial charge is 0.340 e. The molecule has 1 amide bonds. The number of hydrogen-bond donors (Lipinski definition) is 0. The number of amides is 1. The lowest BCUT2D eigenvalue weighted by molar-refractivity contribution is -0.139. The van der Waals surface area contributed by atoms with Gasteiger partial charge >= 0.3 is 0 Å². The maximum absolute atomic E-state index is 12.5. The van der Waals surface area contributed by atoms with Gasteiger partial charge in [0, 0.05) is 49.4 Å². The third kappa shape index (κ3) is 3.15. The van der Waals surface area contributed by atoms with Gasteiger partial charge in [-0.05, 0) is 42.7 Å². The van der Waals surface area contributed by atoms with E-state index in [-0.39, 0.29) is 0 Å². The van der Waals surface area contributed by atoms with Gasteiger partial charge in [0.25, 0.3) is 0 Å². The second kappa shape index (κ2) is 6.89. The normalized spacial score (nSPS) is 24.1. The molecule has 2 fully saturated rings. The highest BCUT2D eigenvalue weighted by molar-refractivity contribution is 7.09. The molecule has 0 aromatic carbocycles. The Labute approximate surface area is 146 Å². The van der Waals surface area contributed by atoms with Crippen molar-refractivity contribution in [1.82, 2.24) is 14.9 Å². The number of nitrogens with zero attached hydrogens (tertiary/aromatic N) is 4. The van der Waals surface area contributed by atoms with Crippen LogP contribution in [0.2, 0.25) is 0 Å². The van der Waals surface area contributed by atoms with Gasteiger partial charge in [-0.15, -0.1) is 11.3 Å². The van der Waals surface area contributed by atoms with E-state index in [0.29, 0.717) is 24.3 Å². The molecular weight excluding hydrogens is 320 g/mol. The van der Waals surface area contributed by atoms with Gasteiger partial charge in [-0.3, -0.25) is 4.79 Å². The number of hydrogen-bond acceptors (Lipinski definition) is 5. The Morgan fingerprint density at radius 2 is 2.08 bits per heavy atom. The maximum Gasteiger partial charge on any atom is 0.225 e. The Hall–Kier alpha value is -1.95. The van der Waals surface area contributed by atoms with Crippen LogP contribution >= 0.6 is 11.3 Å². The summed E-state index contributed by atoms with van der Waals surface area (Å²) in [4.78, 5) is 27.0. The second-order valence-electron chi connectivity index (χ2n) is 6.57. The summed E-state index contributed by atoms with van der Waals surface area (Å²) in [5.41, 5.74) is 0. The van der Waals surface area contributed by atoms with Crippen molar-refractivity contribution in [3.63, 3.8) is 0 Å². The Morgan fingerprint density at radius 1 is 1.21 bits per heavy atom. The van der Waals surface area contributed by atoms with Gasteiger partial charge < -0.3 is 9.80 Å². The van der Waals surface area contributed by atoms with Gasteiger partial charge in [0.1, 0.15) is 0 Å². The first-order valence-corrected chi connectivity index (χ1v) is 9.53. The molecule has 4 heterocycles. The molecule has 5 nitrogen and oxygen atoms in total. The first-order valence-electron chi connectivity index (χ1n) is 8.65. The highest BCUT2D eigenvalue weighted by atomic mass is 32.1. The van der Waals surface area contributed by atoms with Gasteiger partial charge in [0.2, 0.25) is 11.9 Å². The monoisotopic (exact) mass is 342 g/mol. The SMILES string of the molecule is O=C1CC[C@@H]2CN(c3ncccn3)CC[C@@H]2N1CCc1cccs1. The number of piperidine rings is 2. The third-order valence-corrected chi connectivity index (χ3v) is 6.09. The molecule has 2 aromatic rings. The van der Waals surface area contributed by atoms with Crippen LogP contribution in [0.15, 0.2) is 36.0 Å². The highest BCUT2D eigenvalue weighted by Gasteiger charge is 2.39. The maximum atomic E-state index is 12.5. The summed E-state index contributed by atoms with van der Waals surface area (Å²) < 4.78 is 0. The van der Waals surface area contributed by atoms with Crippen molar-refractivity contribution in [1.29, 1.82) is 0 Å². The highest BCUT2D eigenvalue weighted by Crippen LogP contribution is 2.32. The summed E-state index contributed by atoms with van der Waals surface area (Å²) in [6, 6.07) is 6.47. The first-order chi connectivity index (χ1) is 11.8. The summed E-state index contributed by atoms with van der Waals surface area (Å²) in [6.45, 7) is 2.73. The van der Waals surface area contributed by atoms with Crippen molar-refractivity contribution in [2.75, 3.05) is 24.5 Å². The van der Waals surface area contributed by atoms with Gasteiger partial charge in [-0.2, -0.15) is 0 Å². The van der Waals surface area contributed by atoms with Crippen molar-refractivity contribution < 1.29 is 4.79 Å². The number of thiophene rings is 1. The van der Waals surface area contributed by atoms with Crippen LogP contribution in [0.25, 0.3) is 0 Å². The van der Waals surface area contributed by atoms with Crippen LogP contribution in [-0.2, 0) is 11.2 Å². The van der Waals surface area contributed by atoms with Gasteiger partial charge in [-0.1, -0.05) is 6.07 Å². The van der Waals surface area contributed by atoms with Crippen LogP contribution < -0.4 is 4.90 Å². The molecule has 2 aromatic heterocycles. The second-order valence-corrected chi connectivity index (χ2v) is 7.60. The van der Waals surface area contributed by atoms with Crippen molar-refractivity contribution in [2.24, 2.45) is 5.92 Å². The van der Waals surface area contributed by atoms with E-state index < -0.39 is 0 Å². The number of likely N-dealkylation sites (tertiary alicyclic amines) is 1. The number of fused-ring (bicyclic) bond motifs is 1. The Kier molecular flexibility index (Phi) is 4.47. The number of aromatic nitrogens is 2. The van der Waals surface area contributed by atoms with E-state index >= 15 is 0 Å². The average Bonchev–Trinajstić information content (AvgIpc) is 3.15. The van der Waals surface area contributed by atoms with Crippen LogP contribution in [0, 0.1) is 5.92 Å². The summed E-state index contributed by atoms with van der Waals surface area (Å²) in [7, 11) is 0. The van der Waals surface area contributed by atoms with Gasteiger partial charge in [0.05, 0.1) is 0 Å². The van der Waals surface area contributed by atoms with Crippen LogP contribution in [-0.4, -0.2) is 46.5 Å². The van der Waals surface area contributed by atoms with E-state index in [1.54, 1.807) is 23.7 Å². The average molecular weight is 342 g/mol. The number of rotatable bonds is 4. The lowest BCUT2D eigenvalue weighted by atomic mass is 9.83. The zero-order chi connectivity index (χ0) is 16.4. The molecule has 4 rings (SSSR count). The molecule has 2 saturated heterocycles. The fourth-order valence-corrected chi connectivity index (χ4v) is 4.66. The molecule has 2 aliphatic rings. The molecule has 126 valence electrons. The summed E-state index contributed by atoms with van der Waals surface area (Å²) in [5.74, 6) is 1.68. The van der Waals surface area contributed by atoms with E-state index in [9.17, 15) is 4.79 Å². The zero-order valence-electron chi connectivity index (χ0n) is 13.7. The van der Waals surface area contributed by atoms with Crippen molar-refractivity contribution in [3.8, 4) is 0 Å². The molecule has 0 aliphatic carbocycles. The van der Waals surface area contributed by atoms with Crippen LogP contribution in [0.1, 0.15) is 24.1 Å². The minimum absolute atomic E-state index is 0.331. The summed E-state index contributed by atoms with van der Waals surface area (Å²) in [6.07, 6.45) is 7.24. The summed E-state index contributed by atoms with van der Waals surface area (Å²) >= 11 is 1.78. The molecular formula is C18H22N4OS. The van der Waals surface area contributed by atoms with Crippen LogP contribution in [0.4, 0.5) is 5.95 Å². The molecule has 0 N–H and O–H groups in total. The van der Waals surface area contributed by atoms with Gasteiger partial charge in [0.15, 0.2) is 0 Å². The van der Waals surface area contributed by atoms with E-state index in [1.807, 2.05) is 6.07 Å². The molecule has 2 atom stereocenters. The topological polar surface area (TPSA) is 49.3 Å². The molecule has 0 unspecified atom stereocenters. The molecule has 0 spiro atoms. The number of carbonyl (C=O) groups is 1. The first kappa shape index (κ1) is 15.6. The van der Waals surface area contributed by atoms with Crippen molar-refractivity contribution in [3.05, 3.63) is 40.8 Å². The fourth-order valence-electron chi connectivity index (χ4n) is 3.96. The quantitative estimate of drug-likeness (QED) is 0.857. The lowest BCUT2D eigenvalue weighted by Gasteiger charge is -2.47. The third-order valence-electron chi connectivity index (χ3n) is 5.16. The van der Waals surface area contributed by atoms with Crippen LogP contribution in [0.3, 0.4) is 0 Å². The molecule has 6 heteroatoms. The predicted molar refractivity (Wildman–Crippen MR) is 95.1 cm³/mol. The van der Waals surface area contributed by atoms with Crippen molar-refractivity contribution in [2.45, 2.75) is 31.7 Å². The Balaban J connectivity index is 1.43. The van der Waals surface area contributed by atoms with E-state index in [0.717, 1.165) is 44.8 Å². The standard InChI is InChI=1S/C18H22N4OS/c23-17-5-4-14-13-21(18-19-8-2-9-20-18)10-7-16(14)22(17)11-6-15-3-1-12-24-15/h1-3,8-9,12,14,16H,4-7,10-11,13H2/t14-,16+/m1/s1. The molecule has 0 saturated carbocycles. The smallest absolute Gasteiger partial charge is 0.225 e. The Bertz CT molecular complexity index is 676. The Morgan fingerprint density at radius 3 is 2.88 bits per heavy atom. The molecule has 0 radical (unpaired) electrons. The van der Waals surface area contributed by atoms with E-state index in [4.69, 9.17) is 0 Å². The van der Waals surface area contributed by atoms with Crippen LogP contribution in [0.5, 0.6) is 0 Å². The fraction of sp³-hybridized carbons (Fsp3) is 0.500. The molecule has 2 aliphatic heterocycles. The zero-order valence-corrected chi connectivity index (χ0v) is 14.5.